The van der Waals surface area contributed by atoms with Crippen LogP contribution in [0.4, 0.5) is 0 Å². The molecule has 0 amide bonds. The van der Waals surface area contributed by atoms with Crippen molar-refractivity contribution in [1.29, 1.82) is 0 Å². The molecule has 0 aliphatic carbocycles. The number of nitrogens with one attached hydrogen (secondary N) is 1. The highest BCUT2D eigenvalue weighted by Gasteiger charge is 2.12. The Bertz CT molecular complexity index is 641. The number of nitrogens with zero attached hydrogens (tertiary/aromatic N) is 1. The van der Waals surface area contributed by atoms with Gasteiger partial charge in [0, 0.05) is 5.56 Å². The van der Waals surface area contributed by atoms with Gasteiger partial charge in [-0.2, -0.15) is 0 Å². The van der Waals surface area contributed by atoms with Gasteiger partial charge in [-0.25, -0.2) is 4.98 Å². The maximum Gasteiger partial charge on any atom is 0.264 e. The van der Waals surface area contributed by atoms with Crippen molar-refractivity contribution in [3.05, 3.63) is 48.9 Å². The Kier molecular flexibility index (Phi) is 4.39. The van der Waals surface area contributed by atoms with E-state index in [1.165, 1.54) is 0 Å². The first-order valence-electron chi connectivity index (χ1n) is 6.39. The van der Waals surface area contributed by atoms with Crippen LogP contribution in [0.5, 0.6) is 0 Å². The molecule has 0 aliphatic rings. The van der Waals surface area contributed by atoms with E-state index >= 15 is 0 Å². The molecular weight excluding hydrogens is 351 g/mol. The van der Waals surface area contributed by atoms with Crippen molar-refractivity contribution < 1.29 is 0 Å². The molecule has 1 aromatic heterocycles. The van der Waals surface area contributed by atoms with Crippen LogP contribution in [0, 0.1) is 17.4 Å². The smallest absolute Gasteiger partial charge is 0.264 e. The SMILES string of the molecule is CCCc1nc(-c2c(C)cccc2C)[nH]c(=O)c1I. The van der Waals surface area contributed by atoms with Crippen LogP contribution in [0.2, 0.25) is 0 Å². The predicted molar refractivity (Wildman–Crippen MR) is 86.5 cm³/mol. The molecule has 19 heavy (non-hydrogen) atoms. The monoisotopic (exact) mass is 368 g/mol. The van der Waals surface area contributed by atoms with Crippen LogP contribution in [-0.4, -0.2) is 9.97 Å². The van der Waals surface area contributed by atoms with E-state index in [4.69, 9.17) is 0 Å². The highest BCUT2D eigenvalue weighted by atomic mass is 127. The molecule has 1 heterocycles. The molecule has 2 rings (SSSR count). The molecule has 1 aromatic carbocycles. The van der Waals surface area contributed by atoms with E-state index in [0.29, 0.717) is 9.39 Å². The van der Waals surface area contributed by atoms with Gasteiger partial charge in [0.05, 0.1) is 9.26 Å². The van der Waals surface area contributed by atoms with Crippen molar-refractivity contribution >= 4 is 22.6 Å². The lowest BCUT2D eigenvalue weighted by Crippen LogP contribution is -2.17. The first-order chi connectivity index (χ1) is 9.04. The summed E-state index contributed by atoms with van der Waals surface area (Å²) in [5.74, 6) is 0.685. The van der Waals surface area contributed by atoms with Crippen LogP contribution in [0.25, 0.3) is 11.4 Å². The van der Waals surface area contributed by atoms with Crippen LogP contribution in [-0.2, 0) is 6.42 Å². The molecule has 0 unspecified atom stereocenters. The first-order valence-corrected chi connectivity index (χ1v) is 7.47. The summed E-state index contributed by atoms with van der Waals surface area (Å²) in [5, 5.41) is 0. The molecule has 4 heteroatoms. The molecule has 0 saturated carbocycles. The Labute approximate surface area is 126 Å². The second-order valence-electron chi connectivity index (χ2n) is 4.69. The first kappa shape index (κ1) is 14.2. The molecule has 100 valence electrons. The van der Waals surface area contributed by atoms with Gasteiger partial charge in [0.25, 0.3) is 5.56 Å². The Morgan fingerprint density at radius 2 is 1.89 bits per heavy atom. The lowest BCUT2D eigenvalue weighted by atomic mass is 10.0. The number of aromatic amines is 1. The minimum Gasteiger partial charge on any atom is -0.306 e. The molecule has 1 N–H and O–H groups in total. The molecule has 0 saturated heterocycles. The molecule has 0 bridgehead atoms. The highest BCUT2D eigenvalue weighted by Crippen LogP contribution is 2.24. The minimum absolute atomic E-state index is 0.0447. The van der Waals surface area contributed by atoms with Crippen LogP contribution >= 0.6 is 22.6 Å². The van der Waals surface area contributed by atoms with Gasteiger partial charge in [-0.1, -0.05) is 31.5 Å². The Morgan fingerprint density at radius 1 is 1.26 bits per heavy atom. The predicted octanol–water partition coefficient (Wildman–Crippen LogP) is 3.61. The third-order valence-electron chi connectivity index (χ3n) is 3.14. The Hall–Kier alpha value is -1.17. The number of aromatic nitrogens is 2. The third-order valence-corrected chi connectivity index (χ3v) is 4.25. The highest BCUT2D eigenvalue weighted by molar-refractivity contribution is 14.1. The van der Waals surface area contributed by atoms with Gasteiger partial charge < -0.3 is 4.98 Å². The van der Waals surface area contributed by atoms with E-state index in [0.717, 1.165) is 35.2 Å². The topological polar surface area (TPSA) is 45.8 Å². The lowest BCUT2D eigenvalue weighted by molar-refractivity contribution is 0.859. The number of H-pyrrole nitrogens is 1. The van der Waals surface area contributed by atoms with Crippen molar-refractivity contribution in [2.75, 3.05) is 0 Å². The summed E-state index contributed by atoms with van der Waals surface area (Å²) in [5.41, 5.74) is 4.15. The molecular formula is C15H17IN2O. The summed E-state index contributed by atoms with van der Waals surface area (Å²) >= 11 is 2.08. The number of hydrogen-bond acceptors (Lipinski definition) is 2. The Morgan fingerprint density at radius 3 is 2.47 bits per heavy atom. The van der Waals surface area contributed by atoms with Crippen molar-refractivity contribution in [3.63, 3.8) is 0 Å². The van der Waals surface area contributed by atoms with Crippen molar-refractivity contribution in [1.82, 2.24) is 9.97 Å². The molecule has 0 spiro atoms. The van der Waals surface area contributed by atoms with Crippen molar-refractivity contribution in [2.45, 2.75) is 33.6 Å². The molecule has 0 radical (unpaired) electrons. The van der Waals surface area contributed by atoms with E-state index in [1.807, 2.05) is 32.0 Å². The second-order valence-corrected chi connectivity index (χ2v) is 5.77. The Balaban J connectivity index is 2.67. The molecule has 2 aromatic rings. The summed E-state index contributed by atoms with van der Waals surface area (Å²) in [7, 11) is 0. The quantitative estimate of drug-likeness (QED) is 0.842. The second kappa shape index (κ2) is 5.86. The van der Waals surface area contributed by atoms with E-state index in [9.17, 15) is 4.79 Å². The summed E-state index contributed by atoms with van der Waals surface area (Å²) in [6.45, 7) is 6.18. The van der Waals surface area contributed by atoms with Gasteiger partial charge in [-0.05, 0) is 54.0 Å². The molecule has 0 fully saturated rings. The number of halogens is 1. The molecule has 3 nitrogen and oxygen atoms in total. The van der Waals surface area contributed by atoms with Gasteiger partial charge >= 0.3 is 0 Å². The fraction of sp³-hybridized carbons (Fsp3) is 0.333. The van der Waals surface area contributed by atoms with E-state index in [2.05, 4.69) is 39.5 Å². The van der Waals surface area contributed by atoms with Gasteiger partial charge in [0.1, 0.15) is 5.82 Å². The average molecular weight is 368 g/mol. The lowest BCUT2D eigenvalue weighted by Gasteiger charge is -2.11. The number of benzene rings is 1. The fourth-order valence-corrected chi connectivity index (χ4v) is 2.74. The van der Waals surface area contributed by atoms with Gasteiger partial charge in [-0.3, -0.25) is 4.79 Å². The van der Waals surface area contributed by atoms with Crippen LogP contribution in [0.15, 0.2) is 23.0 Å². The van der Waals surface area contributed by atoms with E-state index < -0.39 is 0 Å². The third kappa shape index (κ3) is 2.88. The summed E-state index contributed by atoms with van der Waals surface area (Å²) in [6.07, 6.45) is 1.82. The fourth-order valence-electron chi connectivity index (χ4n) is 2.21. The maximum atomic E-state index is 12.0. The summed E-state index contributed by atoms with van der Waals surface area (Å²) < 4.78 is 0.703. The number of hydrogen-bond donors (Lipinski definition) is 1. The number of aryl methyl sites for hydroxylation is 3. The maximum absolute atomic E-state index is 12.0. The average Bonchev–Trinajstić information content (AvgIpc) is 2.35. The minimum atomic E-state index is -0.0447. The van der Waals surface area contributed by atoms with E-state index in [1.54, 1.807) is 0 Å². The summed E-state index contributed by atoms with van der Waals surface area (Å²) in [6, 6.07) is 6.10. The zero-order valence-corrected chi connectivity index (χ0v) is 13.5. The standard InChI is InChI=1S/C15H17IN2O/c1-4-6-11-13(16)15(19)18-14(17-11)12-9(2)7-5-8-10(12)3/h5,7-8H,4,6H2,1-3H3,(H,17,18,19). The molecule has 0 atom stereocenters. The van der Waals surface area contributed by atoms with Crippen LogP contribution in [0.1, 0.15) is 30.2 Å². The van der Waals surface area contributed by atoms with Gasteiger partial charge in [0.2, 0.25) is 0 Å². The normalized spacial score (nSPS) is 10.7. The number of rotatable bonds is 3. The zero-order valence-electron chi connectivity index (χ0n) is 11.4. The van der Waals surface area contributed by atoms with Crippen molar-refractivity contribution in [3.8, 4) is 11.4 Å². The van der Waals surface area contributed by atoms with Gasteiger partial charge in [0.15, 0.2) is 0 Å². The largest absolute Gasteiger partial charge is 0.306 e. The summed E-state index contributed by atoms with van der Waals surface area (Å²) in [4.78, 5) is 19.6. The van der Waals surface area contributed by atoms with Crippen LogP contribution < -0.4 is 5.56 Å². The van der Waals surface area contributed by atoms with E-state index in [-0.39, 0.29) is 5.56 Å². The van der Waals surface area contributed by atoms with Gasteiger partial charge in [-0.15, -0.1) is 0 Å². The molecule has 0 aliphatic heterocycles. The van der Waals surface area contributed by atoms with Crippen LogP contribution in [0.3, 0.4) is 0 Å². The van der Waals surface area contributed by atoms with Crippen molar-refractivity contribution in [2.24, 2.45) is 0 Å². The zero-order chi connectivity index (χ0) is 14.0.